The van der Waals surface area contributed by atoms with Crippen molar-refractivity contribution >= 4 is 8.60 Å². The fourth-order valence-electron chi connectivity index (χ4n) is 3.91. The van der Waals surface area contributed by atoms with Crippen LogP contribution in [0.4, 0.5) is 0 Å². The second-order valence-corrected chi connectivity index (χ2v) is 9.74. The maximum absolute atomic E-state index is 10.2. The molecule has 1 rings (SSSR count). The van der Waals surface area contributed by atoms with E-state index in [9.17, 15) is 4.89 Å². The molecule has 0 aromatic heterocycles. The highest BCUT2D eigenvalue weighted by molar-refractivity contribution is 7.41. The molecule has 1 N–H and O–H groups in total. The third-order valence-corrected chi connectivity index (χ3v) is 6.65. The topological polar surface area (TPSA) is 38.7 Å². The van der Waals surface area contributed by atoms with Crippen LogP contribution in [0, 0.1) is 0 Å². The maximum atomic E-state index is 10.2. The van der Waals surface area contributed by atoms with Crippen LogP contribution >= 0.6 is 8.60 Å². The minimum absolute atomic E-state index is 0.582. The zero-order chi connectivity index (χ0) is 22.4. The average Bonchev–Trinajstić information content (AvgIpc) is 2.78. The molecule has 0 radical (unpaired) electrons. The first-order chi connectivity index (χ1) is 15.3. The molecule has 0 aliphatic heterocycles. The molecule has 0 aliphatic carbocycles. The van der Waals surface area contributed by atoms with Crippen LogP contribution in [0.2, 0.25) is 0 Å². The lowest BCUT2D eigenvalue weighted by Crippen LogP contribution is -1.98. The van der Waals surface area contributed by atoms with Gasteiger partial charge in [-0.2, -0.15) is 0 Å². The van der Waals surface area contributed by atoms with E-state index < -0.39 is 8.60 Å². The average molecular weight is 453 g/mol. The Morgan fingerprint density at radius 2 is 1.13 bits per heavy atom. The van der Waals surface area contributed by atoms with E-state index in [1.807, 2.05) is 18.2 Å². The Balaban J connectivity index is 2.08. The SMILES string of the molecule is CCCCCCCCCCCCOP(O)Oc1ccccc1CCCCCCCCC. The van der Waals surface area contributed by atoms with Crippen molar-refractivity contribution < 1.29 is 13.9 Å². The van der Waals surface area contributed by atoms with Crippen molar-refractivity contribution in [2.45, 2.75) is 129 Å². The minimum Gasteiger partial charge on any atom is -0.427 e. The summed E-state index contributed by atoms with van der Waals surface area (Å²) in [5.41, 5.74) is 1.18. The van der Waals surface area contributed by atoms with Crippen molar-refractivity contribution in [1.29, 1.82) is 0 Å². The van der Waals surface area contributed by atoms with Crippen molar-refractivity contribution in [2.24, 2.45) is 0 Å². The predicted molar refractivity (Wildman–Crippen MR) is 136 cm³/mol. The van der Waals surface area contributed by atoms with Gasteiger partial charge >= 0.3 is 8.60 Å². The fraction of sp³-hybridized carbons (Fsp3) is 0.778. The van der Waals surface area contributed by atoms with Crippen molar-refractivity contribution in [3.63, 3.8) is 0 Å². The second kappa shape index (κ2) is 21.2. The molecule has 0 amide bonds. The highest BCUT2D eigenvalue weighted by atomic mass is 31.2. The number of benzene rings is 1. The minimum atomic E-state index is -1.84. The van der Waals surface area contributed by atoms with Gasteiger partial charge in [-0.25, -0.2) is 0 Å². The molecule has 4 heteroatoms. The molecule has 180 valence electrons. The Morgan fingerprint density at radius 3 is 1.71 bits per heavy atom. The van der Waals surface area contributed by atoms with E-state index in [1.54, 1.807) is 0 Å². The predicted octanol–water partition coefficient (Wildman–Crippen LogP) is 9.52. The van der Waals surface area contributed by atoms with E-state index in [4.69, 9.17) is 9.05 Å². The summed E-state index contributed by atoms with van der Waals surface area (Å²) >= 11 is 0. The Labute approximate surface area is 194 Å². The van der Waals surface area contributed by atoms with E-state index in [1.165, 1.54) is 108 Å². The smallest absolute Gasteiger partial charge is 0.394 e. The van der Waals surface area contributed by atoms with Crippen LogP contribution in [-0.2, 0) is 10.9 Å². The van der Waals surface area contributed by atoms with E-state index >= 15 is 0 Å². The van der Waals surface area contributed by atoms with Gasteiger partial charge < -0.3 is 13.9 Å². The lowest BCUT2D eigenvalue weighted by Gasteiger charge is -2.14. The number of rotatable bonds is 22. The molecule has 0 heterocycles. The lowest BCUT2D eigenvalue weighted by atomic mass is 10.0. The first-order valence-corrected chi connectivity index (χ1v) is 14.3. The van der Waals surface area contributed by atoms with Crippen LogP contribution in [0.1, 0.15) is 129 Å². The Bertz CT molecular complexity index is 509. The lowest BCUT2D eigenvalue weighted by molar-refractivity contribution is 0.253. The van der Waals surface area contributed by atoms with E-state index in [-0.39, 0.29) is 0 Å². The van der Waals surface area contributed by atoms with Crippen LogP contribution in [-0.4, -0.2) is 11.5 Å². The van der Waals surface area contributed by atoms with Crippen LogP contribution in [0.3, 0.4) is 0 Å². The van der Waals surface area contributed by atoms with Gasteiger partial charge in [0.25, 0.3) is 0 Å². The van der Waals surface area contributed by atoms with E-state index in [0.29, 0.717) is 6.61 Å². The van der Waals surface area contributed by atoms with Crippen molar-refractivity contribution in [3.8, 4) is 5.75 Å². The number of para-hydroxylation sites is 1. The summed E-state index contributed by atoms with van der Waals surface area (Å²) in [5.74, 6) is 0.783. The van der Waals surface area contributed by atoms with Crippen molar-refractivity contribution in [1.82, 2.24) is 0 Å². The molecular weight excluding hydrogens is 403 g/mol. The molecule has 0 spiro atoms. The van der Waals surface area contributed by atoms with Gasteiger partial charge in [-0.05, 0) is 30.9 Å². The first kappa shape index (κ1) is 28.4. The third-order valence-electron chi connectivity index (χ3n) is 5.90. The van der Waals surface area contributed by atoms with Crippen LogP contribution in [0.15, 0.2) is 24.3 Å². The summed E-state index contributed by atoms with van der Waals surface area (Å²) in [6, 6.07) is 8.08. The molecule has 0 bridgehead atoms. The molecule has 0 saturated heterocycles. The molecule has 1 atom stereocenters. The molecular formula is C27H49O3P. The Morgan fingerprint density at radius 1 is 0.645 bits per heavy atom. The van der Waals surface area contributed by atoms with E-state index in [0.717, 1.165) is 18.6 Å². The molecule has 0 aliphatic rings. The quantitative estimate of drug-likeness (QED) is 0.141. The maximum Gasteiger partial charge on any atom is 0.394 e. The Hall–Kier alpha value is -0.630. The van der Waals surface area contributed by atoms with Gasteiger partial charge in [0, 0.05) is 0 Å². The van der Waals surface area contributed by atoms with Gasteiger partial charge in [0.05, 0.1) is 6.61 Å². The zero-order valence-corrected chi connectivity index (χ0v) is 21.3. The normalized spacial score (nSPS) is 12.2. The molecule has 31 heavy (non-hydrogen) atoms. The van der Waals surface area contributed by atoms with Crippen LogP contribution < -0.4 is 4.52 Å². The third kappa shape index (κ3) is 16.6. The van der Waals surface area contributed by atoms with Gasteiger partial charge in [-0.3, -0.25) is 0 Å². The molecule has 1 aromatic carbocycles. The monoisotopic (exact) mass is 452 g/mol. The van der Waals surface area contributed by atoms with Crippen LogP contribution in [0.5, 0.6) is 5.75 Å². The summed E-state index contributed by atoms with van der Waals surface area (Å²) < 4.78 is 11.3. The summed E-state index contributed by atoms with van der Waals surface area (Å²) in [7, 11) is -1.84. The van der Waals surface area contributed by atoms with Crippen LogP contribution in [0.25, 0.3) is 0 Å². The summed E-state index contributed by atoms with van der Waals surface area (Å²) in [6.45, 7) is 5.11. The summed E-state index contributed by atoms with van der Waals surface area (Å²) in [4.78, 5) is 10.2. The first-order valence-electron chi connectivity index (χ1n) is 13.2. The zero-order valence-electron chi connectivity index (χ0n) is 20.5. The van der Waals surface area contributed by atoms with Gasteiger partial charge in [0.15, 0.2) is 0 Å². The standard InChI is InChI=1S/C27H49O3P/c1-3-5-7-9-11-12-13-15-17-21-25-29-31(28)30-27-24-20-19-23-26(27)22-18-16-14-10-8-6-4-2/h19-20,23-24,28H,3-18,21-22,25H2,1-2H3. The van der Waals surface area contributed by atoms with E-state index in [2.05, 4.69) is 19.9 Å². The highest BCUT2D eigenvalue weighted by Gasteiger charge is 2.12. The molecule has 1 unspecified atom stereocenters. The van der Waals surface area contributed by atoms with Gasteiger partial charge in [0.1, 0.15) is 5.75 Å². The fourth-order valence-corrected chi connectivity index (χ4v) is 4.60. The number of unbranched alkanes of at least 4 members (excludes halogenated alkanes) is 15. The summed E-state index contributed by atoms with van der Waals surface area (Å²) in [5, 5.41) is 0. The van der Waals surface area contributed by atoms with Crippen molar-refractivity contribution in [3.05, 3.63) is 29.8 Å². The summed E-state index contributed by atoms with van der Waals surface area (Å²) in [6.07, 6.45) is 23.1. The second-order valence-electron chi connectivity index (χ2n) is 8.82. The Kier molecular flexibility index (Phi) is 19.4. The molecule has 3 nitrogen and oxygen atoms in total. The largest absolute Gasteiger partial charge is 0.427 e. The number of hydrogen-bond acceptors (Lipinski definition) is 3. The van der Waals surface area contributed by atoms with Gasteiger partial charge in [-0.1, -0.05) is 128 Å². The highest BCUT2D eigenvalue weighted by Crippen LogP contribution is 2.37. The van der Waals surface area contributed by atoms with Crippen molar-refractivity contribution in [2.75, 3.05) is 6.61 Å². The molecule has 0 saturated carbocycles. The number of aryl methyl sites for hydroxylation is 1. The number of hydrogen-bond donors (Lipinski definition) is 1. The van der Waals surface area contributed by atoms with Gasteiger partial charge in [-0.15, -0.1) is 0 Å². The van der Waals surface area contributed by atoms with Gasteiger partial charge in [0.2, 0.25) is 0 Å². The molecule has 0 fully saturated rings. The molecule has 1 aromatic rings.